The van der Waals surface area contributed by atoms with E-state index in [2.05, 4.69) is 21.7 Å². The van der Waals surface area contributed by atoms with E-state index >= 15 is 0 Å². The van der Waals surface area contributed by atoms with Gasteiger partial charge in [-0.25, -0.2) is 13.4 Å². The van der Waals surface area contributed by atoms with E-state index in [9.17, 15) is 8.42 Å². The van der Waals surface area contributed by atoms with Gasteiger partial charge >= 0.3 is 0 Å². The van der Waals surface area contributed by atoms with Gasteiger partial charge < -0.3 is 22.2 Å². The van der Waals surface area contributed by atoms with Crippen molar-refractivity contribution in [1.82, 2.24) is 9.88 Å². The molecule has 1 saturated heterocycles. The number of nitrogens with zero attached hydrogens (tertiary/aromatic N) is 3. The summed E-state index contributed by atoms with van der Waals surface area (Å²) < 4.78 is 25.8. The van der Waals surface area contributed by atoms with Crippen molar-refractivity contribution in [2.45, 2.75) is 23.8 Å². The lowest BCUT2D eigenvalue weighted by Gasteiger charge is -2.33. The molecule has 5 nitrogen and oxygen atoms in total. The number of piperazine rings is 1. The predicted octanol–water partition coefficient (Wildman–Crippen LogP) is 0.0836. The molecule has 0 spiro atoms. The van der Waals surface area contributed by atoms with E-state index in [0.29, 0.717) is 5.13 Å². The average molecular weight is 421 g/mol. The fourth-order valence-corrected chi connectivity index (χ4v) is 5.61. The van der Waals surface area contributed by atoms with Gasteiger partial charge in [0.2, 0.25) is 9.84 Å². The van der Waals surface area contributed by atoms with Crippen LogP contribution in [0.15, 0.2) is 34.2 Å². The smallest absolute Gasteiger partial charge is 0.226 e. The number of halogens is 2. The first kappa shape index (κ1) is 20.5. The normalized spacial score (nSPS) is 15.9. The van der Waals surface area contributed by atoms with Crippen molar-refractivity contribution in [2.75, 3.05) is 37.6 Å². The Balaban J connectivity index is 0.00000225. The van der Waals surface area contributed by atoms with E-state index in [-0.39, 0.29) is 26.7 Å². The number of benzene rings is 1. The molecule has 0 radical (unpaired) electrons. The molecule has 1 aromatic heterocycles. The molecule has 0 aliphatic carbocycles. The fourth-order valence-electron chi connectivity index (χ4n) is 2.66. The molecule has 0 saturated carbocycles. The van der Waals surface area contributed by atoms with Crippen molar-refractivity contribution in [3.63, 3.8) is 0 Å². The number of rotatable bonds is 4. The second kappa shape index (κ2) is 8.22. The van der Waals surface area contributed by atoms with Crippen LogP contribution in [0.1, 0.15) is 12.5 Å². The predicted molar refractivity (Wildman–Crippen MR) is 98.1 cm³/mol. The van der Waals surface area contributed by atoms with Crippen LogP contribution < -0.4 is 17.3 Å². The monoisotopic (exact) mass is 420 g/mol. The number of thiazole rings is 1. The molecular weight excluding hydrogens is 401 g/mol. The molecule has 25 heavy (non-hydrogen) atoms. The standard InChI is InChI=1S/C16H20ClN3O2S2.ClH/c1-3-19-8-10-20(11-9-19)16-18-15(14(17)23-16)24(21,22)13-6-4-12(2)5-7-13;/h4-7H,3,8-11H2,1-2H3;1H/p-1. The summed E-state index contributed by atoms with van der Waals surface area (Å²) in [7, 11) is -3.69. The van der Waals surface area contributed by atoms with Gasteiger partial charge in [0.1, 0.15) is 4.34 Å². The van der Waals surface area contributed by atoms with Gasteiger partial charge in [0.15, 0.2) is 10.2 Å². The molecule has 0 atom stereocenters. The van der Waals surface area contributed by atoms with Crippen molar-refractivity contribution in [3.8, 4) is 0 Å². The van der Waals surface area contributed by atoms with Gasteiger partial charge in [-0.3, -0.25) is 0 Å². The maximum Gasteiger partial charge on any atom is 0.226 e. The molecule has 1 fully saturated rings. The van der Waals surface area contributed by atoms with E-state index in [1.807, 2.05) is 6.92 Å². The van der Waals surface area contributed by atoms with Gasteiger partial charge in [0.05, 0.1) is 4.90 Å². The summed E-state index contributed by atoms with van der Waals surface area (Å²) in [6.45, 7) is 8.66. The lowest BCUT2D eigenvalue weighted by atomic mass is 10.2. The minimum Gasteiger partial charge on any atom is -1.00 e. The highest BCUT2D eigenvalue weighted by atomic mass is 35.5. The summed E-state index contributed by atoms with van der Waals surface area (Å²) >= 11 is 7.46. The Hall–Kier alpha value is -0.860. The van der Waals surface area contributed by atoms with Crippen molar-refractivity contribution >= 4 is 37.9 Å². The fraction of sp³-hybridized carbons (Fsp3) is 0.438. The van der Waals surface area contributed by atoms with Crippen LogP contribution in [0.4, 0.5) is 5.13 Å². The number of hydrogen-bond donors (Lipinski definition) is 0. The highest BCUT2D eigenvalue weighted by molar-refractivity contribution is 7.91. The van der Waals surface area contributed by atoms with Crippen LogP contribution >= 0.6 is 22.9 Å². The Morgan fingerprint density at radius 2 is 1.76 bits per heavy atom. The molecular formula is C16H20Cl2N3O2S2-. The van der Waals surface area contributed by atoms with Crippen LogP contribution in [-0.4, -0.2) is 51.0 Å². The van der Waals surface area contributed by atoms with Gasteiger partial charge in [-0.2, -0.15) is 0 Å². The van der Waals surface area contributed by atoms with Gasteiger partial charge in [-0.15, -0.1) is 0 Å². The molecule has 9 heteroatoms. The zero-order chi connectivity index (χ0) is 17.3. The molecule has 3 rings (SSSR count). The number of aryl methyl sites for hydroxylation is 1. The van der Waals surface area contributed by atoms with Crippen LogP contribution in [0.3, 0.4) is 0 Å². The lowest BCUT2D eigenvalue weighted by molar-refractivity contribution is -0.00000724. The molecule has 0 amide bonds. The zero-order valence-electron chi connectivity index (χ0n) is 14.1. The van der Waals surface area contributed by atoms with Crippen LogP contribution in [0.25, 0.3) is 0 Å². The molecule has 0 unspecified atom stereocenters. The summed E-state index contributed by atoms with van der Waals surface area (Å²) in [5, 5.41) is 0.646. The molecule has 2 heterocycles. The first-order chi connectivity index (χ1) is 11.4. The number of anilines is 1. The first-order valence-corrected chi connectivity index (χ1v) is 10.5. The first-order valence-electron chi connectivity index (χ1n) is 7.87. The van der Waals surface area contributed by atoms with Crippen LogP contribution in [-0.2, 0) is 9.84 Å². The summed E-state index contributed by atoms with van der Waals surface area (Å²) in [6.07, 6.45) is 0. The summed E-state index contributed by atoms with van der Waals surface area (Å²) in [5.74, 6) is 0. The molecule has 1 aliphatic heterocycles. The molecule has 1 aromatic carbocycles. The number of aromatic nitrogens is 1. The second-order valence-corrected chi connectivity index (χ2v) is 9.26. The zero-order valence-corrected chi connectivity index (χ0v) is 17.2. The minimum atomic E-state index is -3.69. The molecule has 1 aliphatic rings. The Bertz CT molecular complexity index is 814. The molecule has 2 aromatic rings. The quantitative estimate of drug-likeness (QED) is 0.700. The third kappa shape index (κ3) is 4.28. The van der Waals surface area contributed by atoms with E-state index in [1.54, 1.807) is 24.3 Å². The second-order valence-electron chi connectivity index (χ2n) is 5.81. The number of hydrogen-bond acceptors (Lipinski definition) is 6. The Morgan fingerprint density at radius 3 is 2.32 bits per heavy atom. The van der Waals surface area contributed by atoms with Crippen LogP contribution in [0, 0.1) is 6.92 Å². The van der Waals surface area contributed by atoms with Crippen LogP contribution in [0.5, 0.6) is 0 Å². The topological polar surface area (TPSA) is 53.5 Å². The molecule has 0 N–H and O–H groups in total. The average Bonchev–Trinajstić information content (AvgIpc) is 2.98. The van der Waals surface area contributed by atoms with Crippen molar-refractivity contribution in [3.05, 3.63) is 34.2 Å². The van der Waals surface area contributed by atoms with Crippen LogP contribution in [0.2, 0.25) is 4.34 Å². The van der Waals surface area contributed by atoms with E-state index < -0.39 is 9.84 Å². The highest BCUT2D eigenvalue weighted by Gasteiger charge is 2.28. The highest BCUT2D eigenvalue weighted by Crippen LogP contribution is 2.36. The van der Waals surface area contributed by atoms with Gasteiger partial charge in [0, 0.05) is 26.2 Å². The van der Waals surface area contributed by atoms with Gasteiger partial charge in [-0.1, -0.05) is 47.6 Å². The third-order valence-corrected chi connectivity index (χ3v) is 7.48. The summed E-state index contributed by atoms with van der Waals surface area (Å²) in [6, 6.07) is 6.75. The van der Waals surface area contributed by atoms with E-state index in [4.69, 9.17) is 11.6 Å². The summed E-state index contributed by atoms with van der Waals surface area (Å²) in [5.41, 5.74) is 1.01. The van der Waals surface area contributed by atoms with E-state index in [1.165, 1.54) is 11.3 Å². The lowest BCUT2D eigenvalue weighted by Crippen LogP contribution is -3.00. The number of sulfone groups is 1. The van der Waals surface area contributed by atoms with Crippen molar-refractivity contribution in [1.29, 1.82) is 0 Å². The largest absolute Gasteiger partial charge is 1.00 e. The maximum atomic E-state index is 12.8. The van der Waals surface area contributed by atoms with E-state index in [0.717, 1.165) is 38.3 Å². The minimum absolute atomic E-state index is 0. The molecule has 138 valence electrons. The van der Waals surface area contributed by atoms with Crippen molar-refractivity contribution in [2.24, 2.45) is 0 Å². The van der Waals surface area contributed by atoms with Gasteiger partial charge in [0.25, 0.3) is 0 Å². The van der Waals surface area contributed by atoms with Gasteiger partial charge in [-0.05, 0) is 25.6 Å². The Morgan fingerprint density at radius 1 is 1.16 bits per heavy atom. The SMILES string of the molecule is CCN1CCN(c2nc(S(=O)(=O)c3ccc(C)cc3)c(Cl)s2)CC1.[Cl-]. The number of likely N-dealkylation sites (N-methyl/N-ethyl adjacent to an activating group) is 1. The van der Waals surface area contributed by atoms with Crippen molar-refractivity contribution < 1.29 is 20.8 Å². The third-order valence-electron chi connectivity index (χ3n) is 4.22. The summed E-state index contributed by atoms with van der Waals surface area (Å²) in [4.78, 5) is 9.05. The maximum absolute atomic E-state index is 12.8. The molecule has 0 bridgehead atoms. The Kier molecular flexibility index (Phi) is 6.73. The Labute approximate surface area is 163 Å².